The van der Waals surface area contributed by atoms with Crippen molar-refractivity contribution in [3.8, 4) is 5.88 Å². The summed E-state index contributed by atoms with van der Waals surface area (Å²) in [6, 6.07) is 1.97. The van der Waals surface area contributed by atoms with E-state index in [4.69, 9.17) is 14.0 Å². The summed E-state index contributed by atoms with van der Waals surface area (Å²) in [5, 5.41) is 3.12. The maximum absolute atomic E-state index is 6.06. The number of nitrogens with zero attached hydrogens (tertiary/aromatic N) is 1. The quantitative estimate of drug-likeness (QED) is 0.870. The number of ether oxygens (including phenoxy) is 1. The van der Waals surface area contributed by atoms with Crippen molar-refractivity contribution in [2.24, 2.45) is 0 Å². The van der Waals surface area contributed by atoms with Gasteiger partial charge in [-0.1, -0.05) is 0 Å². The van der Waals surface area contributed by atoms with Crippen molar-refractivity contribution in [1.82, 2.24) is 4.98 Å². The molecule has 0 saturated carbocycles. The summed E-state index contributed by atoms with van der Waals surface area (Å²) in [5.74, 6) is 0.579. The van der Waals surface area contributed by atoms with E-state index in [1.165, 1.54) is 0 Å². The van der Waals surface area contributed by atoms with Gasteiger partial charge in [-0.15, -0.1) is 0 Å². The second kappa shape index (κ2) is 5.42. The van der Waals surface area contributed by atoms with Crippen LogP contribution in [0.1, 0.15) is 48.5 Å². The summed E-state index contributed by atoms with van der Waals surface area (Å²) < 4.78 is 18.0. The van der Waals surface area contributed by atoms with Gasteiger partial charge < -0.3 is 19.4 Å². The van der Waals surface area contributed by atoms with Crippen molar-refractivity contribution in [1.29, 1.82) is 0 Å². The normalized spacial score (nSPS) is 20.1. The number of rotatable bonds is 3. The Morgan fingerprint density at radius 3 is 2.14 bits per heavy atom. The van der Waals surface area contributed by atoms with Gasteiger partial charge in [0.05, 0.1) is 16.9 Å². The van der Waals surface area contributed by atoms with E-state index >= 15 is 0 Å². The van der Waals surface area contributed by atoms with Gasteiger partial charge >= 0.3 is 7.12 Å². The molecule has 6 heteroatoms. The van der Waals surface area contributed by atoms with Crippen molar-refractivity contribution in [3.63, 3.8) is 0 Å². The molecule has 22 heavy (non-hydrogen) atoms. The van der Waals surface area contributed by atoms with E-state index in [9.17, 15) is 0 Å². The Morgan fingerprint density at radius 2 is 1.68 bits per heavy atom. The van der Waals surface area contributed by atoms with Crippen LogP contribution in [0.25, 0.3) is 0 Å². The van der Waals surface area contributed by atoms with Gasteiger partial charge in [0.2, 0.25) is 5.88 Å². The number of anilines is 1. The van der Waals surface area contributed by atoms with Crippen LogP contribution >= 0.6 is 0 Å². The van der Waals surface area contributed by atoms with Crippen molar-refractivity contribution in [2.75, 3.05) is 12.4 Å². The topological polar surface area (TPSA) is 52.6 Å². The summed E-state index contributed by atoms with van der Waals surface area (Å²) in [7, 11) is 1.42. The van der Waals surface area contributed by atoms with Crippen LogP contribution in [0.2, 0.25) is 0 Å². The van der Waals surface area contributed by atoms with Crippen molar-refractivity contribution in [2.45, 2.75) is 65.3 Å². The molecule has 0 amide bonds. The Balaban J connectivity index is 2.28. The molecular formula is C16H27BN2O3. The smallest absolute Gasteiger partial charge is 0.470 e. The van der Waals surface area contributed by atoms with Gasteiger partial charge in [0.25, 0.3) is 0 Å². The Morgan fingerprint density at radius 1 is 1.14 bits per heavy atom. The molecule has 0 aromatic carbocycles. The minimum atomic E-state index is -0.423. The van der Waals surface area contributed by atoms with Crippen molar-refractivity contribution in [3.05, 3.63) is 12.3 Å². The molecule has 0 unspecified atom stereocenters. The largest absolute Gasteiger partial charge is 0.496 e. The lowest BCUT2D eigenvalue weighted by molar-refractivity contribution is 0.00578. The first-order chi connectivity index (χ1) is 9.95. The van der Waals surface area contributed by atoms with Gasteiger partial charge in [0.1, 0.15) is 5.60 Å². The molecule has 1 fully saturated rings. The van der Waals surface area contributed by atoms with Gasteiger partial charge in [-0.3, -0.25) is 0 Å². The van der Waals surface area contributed by atoms with Crippen LogP contribution in [0, 0.1) is 0 Å². The second-order valence-electron chi connectivity index (χ2n) is 7.67. The predicted molar refractivity (Wildman–Crippen MR) is 89.9 cm³/mol. The maximum atomic E-state index is 6.06. The van der Waals surface area contributed by atoms with E-state index in [2.05, 4.69) is 10.3 Å². The van der Waals surface area contributed by atoms with E-state index in [-0.39, 0.29) is 16.8 Å². The first-order valence-electron chi connectivity index (χ1n) is 7.67. The predicted octanol–water partition coefficient (Wildman–Crippen LogP) is 2.60. The van der Waals surface area contributed by atoms with Crippen LogP contribution in [0.15, 0.2) is 12.3 Å². The van der Waals surface area contributed by atoms with E-state index in [1.807, 2.05) is 61.6 Å². The van der Waals surface area contributed by atoms with Crippen LogP contribution in [0.3, 0.4) is 0 Å². The lowest BCUT2D eigenvalue weighted by Gasteiger charge is -2.32. The maximum Gasteiger partial charge on any atom is 0.496 e. The van der Waals surface area contributed by atoms with Gasteiger partial charge in [-0.2, -0.15) is 0 Å². The summed E-state index contributed by atoms with van der Waals surface area (Å²) >= 11 is 0. The van der Waals surface area contributed by atoms with Gasteiger partial charge in [0.15, 0.2) is 0 Å². The van der Waals surface area contributed by atoms with E-state index < -0.39 is 7.12 Å². The van der Waals surface area contributed by atoms with Gasteiger partial charge in [-0.25, -0.2) is 4.98 Å². The highest BCUT2D eigenvalue weighted by atomic mass is 16.7. The van der Waals surface area contributed by atoms with Crippen molar-refractivity contribution >= 4 is 18.3 Å². The molecule has 1 aliphatic heterocycles. The van der Waals surface area contributed by atoms with Crippen LogP contribution in [0.4, 0.5) is 5.69 Å². The van der Waals surface area contributed by atoms with Crippen LogP contribution in [0.5, 0.6) is 5.88 Å². The second-order valence-corrected chi connectivity index (χ2v) is 7.67. The van der Waals surface area contributed by atoms with Gasteiger partial charge in [0, 0.05) is 18.7 Å². The molecule has 0 bridgehead atoms. The zero-order valence-corrected chi connectivity index (χ0v) is 14.9. The third-order valence-electron chi connectivity index (χ3n) is 4.07. The third kappa shape index (κ3) is 3.38. The molecule has 2 rings (SSSR count). The van der Waals surface area contributed by atoms with Crippen LogP contribution in [-0.4, -0.2) is 36.0 Å². The Kier molecular flexibility index (Phi) is 4.21. The molecule has 2 heterocycles. The lowest BCUT2D eigenvalue weighted by atomic mass is 9.80. The molecule has 5 nitrogen and oxygen atoms in total. The zero-order valence-electron chi connectivity index (χ0n) is 14.9. The first kappa shape index (κ1) is 17.1. The highest BCUT2D eigenvalue weighted by Gasteiger charge is 2.51. The van der Waals surface area contributed by atoms with Gasteiger partial charge in [-0.05, 0) is 54.5 Å². The summed E-state index contributed by atoms with van der Waals surface area (Å²) in [4.78, 5) is 4.43. The molecule has 1 saturated heterocycles. The average Bonchev–Trinajstić information content (AvgIpc) is 2.57. The van der Waals surface area contributed by atoms with Crippen LogP contribution < -0.4 is 15.5 Å². The molecule has 1 aliphatic rings. The molecular weight excluding hydrogens is 279 g/mol. The van der Waals surface area contributed by atoms with E-state index in [0.29, 0.717) is 5.88 Å². The minimum Gasteiger partial charge on any atom is -0.470 e. The highest BCUT2D eigenvalue weighted by molar-refractivity contribution is 6.62. The SMILES string of the molecule is CNc1cc(B2OC(C)(C)C(C)(C)O2)cnc1OC(C)(C)C. The monoisotopic (exact) mass is 306 g/mol. The number of pyridine rings is 1. The first-order valence-corrected chi connectivity index (χ1v) is 7.67. The number of nitrogens with one attached hydrogen (secondary N) is 1. The standard InChI is InChI=1S/C16H27BN2O3/c1-14(2,3)20-13-12(18-8)9-11(10-19-13)17-21-15(4,5)16(6,7)22-17/h9-10,18H,1-8H3. The molecule has 0 aliphatic carbocycles. The summed E-state index contributed by atoms with van der Waals surface area (Å²) in [5.41, 5.74) is 0.673. The lowest BCUT2D eigenvalue weighted by Crippen LogP contribution is -2.41. The molecule has 1 aromatic heterocycles. The fraction of sp³-hybridized carbons (Fsp3) is 0.688. The summed E-state index contributed by atoms with van der Waals surface area (Å²) in [6.07, 6.45) is 1.75. The highest BCUT2D eigenvalue weighted by Crippen LogP contribution is 2.36. The number of hydrogen-bond donors (Lipinski definition) is 1. The molecule has 1 N–H and O–H groups in total. The van der Waals surface area contributed by atoms with E-state index in [0.717, 1.165) is 11.2 Å². The zero-order chi connectivity index (χ0) is 16.8. The van der Waals surface area contributed by atoms with E-state index in [1.54, 1.807) is 6.20 Å². The number of hydrogen-bond acceptors (Lipinski definition) is 5. The molecule has 1 aromatic rings. The molecule has 122 valence electrons. The Labute approximate surface area is 133 Å². The Bertz CT molecular complexity index is 537. The minimum absolute atomic E-state index is 0.301. The fourth-order valence-corrected chi connectivity index (χ4v) is 2.13. The summed E-state index contributed by atoms with van der Waals surface area (Å²) in [6.45, 7) is 14.1. The molecule has 0 radical (unpaired) electrons. The van der Waals surface area contributed by atoms with Crippen LogP contribution in [-0.2, 0) is 9.31 Å². The van der Waals surface area contributed by atoms with Crippen molar-refractivity contribution < 1.29 is 14.0 Å². The number of aromatic nitrogens is 1. The molecule has 0 spiro atoms. The fourth-order valence-electron chi connectivity index (χ4n) is 2.13. The Hall–Kier alpha value is -1.27. The molecule has 0 atom stereocenters. The average molecular weight is 306 g/mol. The third-order valence-corrected chi connectivity index (χ3v) is 4.07.